The lowest BCUT2D eigenvalue weighted by Gasteiger charge is -2.26. The van der Waals surface area contributed by atoms with Gasteiger partial charge in [0.1, 0.15) is 17.1 Å². The van der Waals surface area contributed by atoms with Gasteiger partial charge in [0.2, 0.25) is 0 Å². The second-order valence-corrected chi connectivity index (χ2v) is 7.93. The van der Waals surface area contributed by atoms with Crippen LogP contribution in [-0.4, -0.2) is 37.5 Å². The number of urea groups is 1. The number of rotatable bonds is 7. The van der Waals surface area contributed by atoms with Crippen LogP contribution in [0.5, 0.6) is 11.5 Å². The number of imide groups is 2. The van der Waals surface area contributed by atoms with E-state index in [9.17, 15) is 19.2 Å². The van der Waals surface area contributed by atoms with Crippen molar-refractivity contribution in [1.82, 2.24) is 5.32 Å². The van der Waals surface area contributed by atoms with Crippen molar-refractivity contribution in [2.45, 2.75) is 6.92 Å². The van der Waals surface area contributed by atoms with Gasteiger partial charge in [-0.3, -0.25) is 19.7 Å². The van der Waals surface area contributed by atoms with E-state index in [1.54, 1.807) is 60.7 Å². The Balaban J connectivity index is 1.47. The van der Waals surface area contributed by atoms with Crippen LogP contribution >= 0.6 is 0 Å². The number of ether oxygens (including phenoxy) is 2. The van der Waals surface area contributed by atoms with Crippen molar-refractivity contribution in [3.05, 3.63) is 89.5 Å². The Morgan fingerprint density at radius 1 is 0.972 bits per heavy atom. The Kier molecular flexibility index (Phi) is 7.10. The molecule has 0 aliphatic carbocycles. The molecule has 3 aromatic carbocycles. The average Bonchev–Trinajstić information content (AvgIpc) is 2.87. The predicted molar refractivity (Wildman–Crippen MR) is 134 cm³/mol. The smallest absolute Gasteiger partial charge is 0.335 e. The summed E-state index contributed by atoms with van der Waals surface area (Å²) < 4.78 is 10.7. The van der Waals surface area contributed by atoms with Gasteiger partial charge >= 0.3 is 6.03 Å². The van der Waals surface area contributed by atoms with Crippen LogP contribution in [0, 0.1) is 6.92 Å². The van der Waals surface area contributed by atoms with Crippen LogP contribution in [0.3, 0.4) is 0 Å². The molecule has 4 rings (SSSR count). The summed E-state index contributed by atoms with van der Waals surface area (Å²) in [5, 5.41) is 4.93. The van der Waals surface area contributed by atoms with Crippen molar-refractivity contribution < 1.29 is 28.7 Å². The van der Waals surface area contributed by atoms with Gasteiger partial charge in [0.05, 0.1) is 12.8 Å². The van der Waals surface area contributed by atoms with Crippen LogP contribution < -0.4 is 25.0 Å². The third-order valence-corrected chi connectivity index (χ3v) is 5.31. The second kappa shape index (κ2) is 10.6. The predicted octanol–water partition coefficient (Wildman–Crippen LogP) is 3.69. The van der Waals surface area contributed by atoms with Crippen molar-refractivity contribution in [1.29, 1.82) is 0 Å². The Morgan fingerprint density at radius 2 is 1.69 bits per heavy atom. The highest BCUT2D eigenvalue weighted by molar-refractivity contribution is 6.39. The molecule has 182 valence electrons. The van der Waals surface area contributed by atoms with Crippen LogP contribution in [0.25, 0.3) is 6.08 Å². The van der Waals surface area contributed by atoms with Crippen molar-refractivity contribution in [2.75, 3.05) is 23.9 Å². The van der Waals surface area contributed by atoms with Crippen LogP contribution in [0.1, 0.15) is 11.1 Å². The lowest BCUT2D eigenvalue weighted by molar-refractivity contribution is -0.122. The summed E-state index contributed by atoms with van der Waals surface area (Å²) in [6.07, 6.45) is 1.36. The molecule has 9 heteroatoms. The minimum atomic E-state index is -0.844. The molecule has 9 nitrogen and oxygen atoms in total. The zero-order chi connectivity index (χ0) is 25.7. The molecule has 0 atom stereocenters. The van der Waals surface area contributed by atoms with E-state index in [1.165, 1.54) is 13.2 Å². The standard InChI is InChI=1S/C27H23N3O6/c1-17-6-8-19(9-7-17)28-24(31)16-36-22-5-3-4-18(14-22)15-23-25(32)29-27(34)30(26(23)33)20-10-12-21(35-2)13-11-20/h3-15H,16H2,1-2H3,(H,28,31)(H,29,32,34)/b23-15-. The number of anilines is 2. The number of methoxy groups -OCH3 is 1. The van der Waals surface area contributed by atoms with E-state index in [0.29, 0.717) is 22.7 Å². The SMILES string of the molecule is COc1ccc(N2C(=O)NC(=O)/C(=C/c3cccc(OCC(=O)Nc4ccc(C)cc4)c3)C2=O)cc1. The van der Waals surface area contributed by atoms with Gasteiger partial charge in [-0.05, 0) is 67.1 Å². The maximum Gasteiger partial charge on any atom is 0.335 e. The zero-order valence-corrected chi connectivity index (χ0v) is 19.6. The fraction of sp³-hybridized carbons (Fsp3) is 0.111. The molecule has 0 bridgehead atoms. The van der Waals surface area contributed by atoms with Crippen molar-refractivity contribution in [2.24, 2.45) is 0 Å². The molecule has 1 heterocycles. The number of nitrogens with one attached hydrogen (secondary N) is 2. The second-order valence-electron chi connectivity index (χ2n) is 7.93. The largest absolute Gasteiger partial charge is 0.497 e. The molecule has 0 saturated carbocycles. The Bertz CT molecular complexity index is 1350. The fourth-order valence-electron chi connectivity index (χ4n) is 3.47. The molecule has 0 spiro atoms. The van der Waals surface area contributed by atoms with E-state index in [0.717, 1.165) is 10.5 Å². The van der Waals surface area contributed by atoms with Gasteiger partial charge in [0.15, 0.2) is 6.61 Å². The third kappa shape index (κ3) is 5.58. The van der Waals surface area contributed by atoms with E-state index >= 15 is 0 Å². The summed E-state index contributed by atoms with van der Waals surface area (Å²) in [6, 6.07) is 19.4. The average molecular weight is 485 g/mol. The molecule has 36 heavy (non-hydrogen) atoms. The molecular weight excluding hydrogens is 462 g/mol. The van der Waals surface area contributed by atoms with Crippen molar-refractivity contribution in [3.63, 3.8) is 0 Å². The normalized spacial score (nSPS) is 14.4. The Morgan fingerprint density at radius 3 is 2.39 bits per heavy atom. The number of amides is 5. The number of barbiturate groups is 1. The summed E-state index contributed by atoms with van der Waals surface area (Å²) in [5.74, 6) is -0.982. The van der Waals surface area contributed by atoms with Crippen LogP contribution in [-0.2, 0) is 14.4 Å². The molecule has 1 aliphatic rings. The molecule has 1 saturated heterocycles. The fourth-order valence-corrected chi connectivity index (χ4v) is 3.47. The van der Waals surface area contributed by atoms with Crippen LogP contribution in [0.15, 0.2) is 78.4 Å². The lowest BCUT2D eigenvalue weighted by atomic mass is 10.1. The maximum absolute atomic E-state index is 13.1. The van der Waals surface area contributed by atoms with Crippen molar-refractivity contribution in [3.8, 4) is 11.5 Å². The molecule has 1 aliphatic heterocycles. The zero-order valence-electron chi connectivity index (χ0n) is 19.6. The Labute approximate surface area is 207 Å². The first kappa shape index (κ1) is 24.2. The van der Waals surface area contributed by atoms with Gasteiger partial charge < -0.3 is 14.8 Å². The first-order valence-corrected chi connectivity index (χ1v) is 11.0. The molecule has 5 amide bonds. The maximum atomic E-state index is 13.1. The molecule has 1 fully saturated rings. The topological polar surface area (TPSA) is 114 Å². The number of aryl methyl sites for hydroxylation is 1. The van der Waals surface area contributed by atoms with E-state index in [1.807, 2.05) is 19.1 Å². The first-order valence-electron chi connectivity index (χ1n) is 11.0. The van der Waals surface area contributed by atoms with Gasteiger partial charge in [-0.1, -0.05) is 29.8 Å². The number of benzene rings is 3. The lowest BCUT2D eigenvalue weighted by Crippen LogP contribution is -2.54. The van der Waals surface area contributed by atoms with Gasteiger partial charge in [-0.15, -0.1) is 0 Å². The van der Waals surface area contributed by atoms with E-state index in [2.05, 4.69) is 10.6 Å². The minimum Gasteiger partial charge on any atom is -0.497 e. The van der Waals surface area contributed by atoms with Gasteiger partial charge in [-0.25, -0.2) is 9.69 Å². The third-order valence-electron chi connectivity index (χ3n) is 5.31. The molecule has 0 radical (unpaired) electrons. The van der Waals surface area contributed by atoms with E-state index in [-0.39, 0.29) is 23.8 Å². The molecule has 0 aromatic heterocycles. The van der Waals surface area contributed by atoms with E-state index < -0.39 is 17.8 Å². The van der Waals surface area contributed by atoms with Gasteiger partial charge in [-0.2, -0.15) is 0 Å². The minimum absolute atomic E-state index is 0.223. The van der Waals surface area contributed by atoms with Crippen molar-refractivity contribution >= 4 is 41.2 Å². The monoisotopic (exact) mass is 485 g/mol. The number of carbonyl (C=O) groups is 4. The highest BCUT2D eigenvalue weighted by Crippen LogP contribution is 2.25. The number of hydrogen-bond acceptors (Lipinski definition) is 6. The summed E-state index contributed by atoms with van der Waals surface area (Å²) >= 11 is 0. The highest BCUT2D eigenvalue weighted by atomic mass is 16.5. The van der Waals surface area contributed by atoms with Gasteiger partial charge in [0.25, 0.3) is 17.7 Å². The number of hydrogen-bond donors (Lipinski definition) is 2. The van der Waals surface area contributed by atoms with Crippen LogP contribution in [0.4, 0.5) is 16.2 Å². The summed E-state index contributed by atoms with van der Waals surface area (Å²) in [6.45, 7) is 1.73. The summed E-state index contributed by atoms with van der Waals surface area (Å²) in [5.41, 5.74) is 2.28. The number of carbonyl (C=O) groups excluding carboxylic acids is 4. The first-order chi connectivity index (χ1) is 17.3. The highest BCUT2D eigenvalue weighted by Gasteiger charge is 2.36. The molecule has 0 unspecified atom stereocenters. The molecule has 3 aromatic rings. The summed E-state index contributed by atoms with van der Waals surface area (Å²) in [7, 11) is 1.50. The van der Waals surface area contributed by atoms with Gasteiger partial charge in [0, 0.05) is 5.69 Å². The number of nitrogens with zero attached hydrogens (tertiary/aromatic N) is 1. The van der Waals surface area contributed by atoms with E-state index in [4.69, 9.17) is 9.47 Å². The quantitative estimate of drug-likeness (QED) is 0.390. The Hall–Kier alpha value is -4.92. The molecule has 2 N–H and O–H groups in total. The molecular formula is C27H23N3O6. The van der Waals surface area contributed by atoms with Crippen LogP contribution in [0.2, 0.25) is 0 Å². The summed E-state index contributed by atoms with van der Waals surface area (Å²) in [4.78, 5) is 51.0.